The summed E-state index contributed by atoms with van der Waals surface area (Å²) in [6, 6.07) is 0. The first-order chi connectivity index (χ1) is 10.0. The summed E-state index contributed by atoms with van der Waals surface area (Å²) in [5.41, 5.74) is 0.884. The van der Waals surface area contributed by atoms with E-state index in [1.54, 1.807) is 17.0 Å². The van der Waals surface area contributed by atoms with Crippen LogP contribution in [0.3, 0.4) is 0 Å². The van der Waals surface area contributed by atoms with Crippen molar-refractivity contribution in [1.29, 1.82) is 0 Å². The highest BCUT2D eigenvalue weighted by Gasteiger charge is 2.25. The molecule has 1 fully saturated rings. The standard InChI is InChI=1S/C15H21N3O3/c1-18-10-12(9-17-18)4-7-14(19)16-8-11-2-5-13(6-3-11)15(20)21/h4,7,9-11,13H,2-3,5-6,8H2,1H3,(H,16,19)(H,20,21). The third kappa shape index (κ3) is 4.73. The van der Waals surface area contributed by atoms with Crippen LogP contribution in [0.15, 0.2) is 18.5 Å². The number of carboxylic acid groups (broad SMARTS) is 1. The fourth-order valence-electron chi connectivity index (χ4n) is 2.62. The molecule has 0 atom stereocenters. The van der Waals surface area contributed by atoms with Gasteiger partial charge in [-0.1, -0.05) is 0 Å². The number of nitrogens with one attached hydrogen (secondary N) is 1. The highest BCUT2D eigenvalue weighted by atomic mass is 16.4. The summed E-state index contributed by atoms with van der Waals surface area (Å²) in [7, 11) is 1.82. The molecule has 1 aliphatic carbocycles. The zero-order valence-corrected chi connectivity index (χ0v) is 12.2. The van der Waals surface area contributed by atoms with Gasteiger partial charge < -0.3 is 10.4 Å². The molecular weight excluding hydrogens is 270 g/mol. The van der Waals surface area contributed by atoms with Gasteiger partial charge in [0, 0.05) is 31.4 Å². The largest absolute Gasteiger partial charge is 0.481 e. The highest BCUT2D eigenvalue weighted by molar-refractivity contribution is 5.91. The zero-order chi connectivity index (χ0) is 15.2. The number of carbonyl (C=O) groups is 2. The molecule has 0 aliphatic heterocycles. The predicted molar refractivity (Wildman–Crippen MR) is 78.3 cm³/mol. The molecule has 2 rings (SSSR count). The number of nitrogens with zero attached hydrogens (tertiary/aromatic N) is 2. The molecule has 2 N–H and O–H groups in total. The fraction of sp³-hybridized carbons (Fsp3) is 0.533. The molecule has 6 nitrogen and oxygen atoms in total. The van der Waals surface area contributed by atoms with E-state index < -0.39 is 5.97 Å². The third-order valence-corrected chi connectivity index (χ3v) is 3.91. The van der Waals surface area contributed by atoms with E-state index in [2.05, 4.69) is 10.4 Å². The molecule has 1 aliphatic rings. The second-order valence-corrected chi connectivity index (χ2v) is 5.58. The van der Waals surface area contributed by atoms with Crippen LogP contribution in [-0.4, -0.2) is 33.3 Å². The molecule has 1 saturated carbocycles. The minimum Gasteiger partial charge on any atom is -0.481 e. The number of hydrogen-bond donors (Lipinski definition) is 2. The van der Waals surface area contributed by atoms with E-state index >= 15 is 0 Å². The molecule has 0 radical (unpaired) electrons. The van der Waals surface area contributed by atoms with E-state index in [-0.39, 0.29) is 11.8 Å². The lowest BCUT2D eigenvalue weighted by atomic mass is 9.82. The van der Waals surface area contributed by atoms with E-state index in [1.807, 2.05) is 13.2 Å². The normalized spacial score (nSPS) is 22.3. The monoisotopic (exact) mass is 291 g/mol. The number of amides is 1. The summed E-state index contributed by atoms with van der Waals surface area (Å²) in [6.07, 6.45) is 9.90. The van der Waals surface area contributed by atoms with Gasteiger partial charge in [0.15, 0.2) is 0 Å². The van der Waals surface area contributed by atoms with Gasteiger partial charge in [0.1, 0.15) is 0 Å². The van der Waals surface area contributed by atoms with E-state index in [1.165, 1.54) is 6.08 Å². The van der Waals surface area contributed by atoms with Crippen LogP contribution in [0.1, 0.15) is 31.2 Å². The average Bonchev–Trinajstić information content (AvgIpc) is 2.89. The van der Waals surface area contributed by atoms with Crippen molar-refractivity contribution < 1.29 is 14.7 Å². The number of carboxylic acids is 1. The number of aryl methyl sites for hydroxylation is 1. The van der Waals surface area contributed by atoms with Crippen molar-refractivity contribution in [1.82, 2.24) is 15.1 Å². The van der Waals surface area contributed by atoms with Gasteiger partial charge in [-0.2, -0.15) is 5.10 Å². The smallest absolute Gasteiger partial charge is 0.306 e. The van der Waals surface area contributed by atoms with E-state index in [0.717, 1.165) is 18.4 Å². The molecule has 1 amide bonds. The van der Waals surface area contributed by atoms with Crippen LogP contribution >= 0.6 is 0 Å². The second-order valence-electron chi connectivity index (χ2n) is 5.58. The van der Waals surface area contributed by atoms with E-state index in [4.69, 9.17) is 5.11 Å². The van der Waals surface area contributed by atoms with Gasteiger partial charge in [-0.25, -0.2) is 0 Å². The molecule has 0 spiro atoms. The zero-order valence-electron chi connectivity index (χ0n) is 12.2. The summed E-state index contributed by atoms with van der Waals surface area (Å²) in [5.74, 6) is -0.644. The van der Waals surface area contributed by atoms with E-state index in [0.29, 0.717) is 25.3 Å². The fourth-order valence-corrected chi connectivity index (χ4v) is 2.62. The predicted octanol–water partition coefficient (Wildman–Crippen LogP) is 1.44. The average molecular weight is 291 g/mol. The SMILES string of the molecule is Cn1cc(C=CC(=O)NCC2CCC(C(=O)O)CC2)cn1. The van der Waals surface area contributed by atoms with Crippen LogP contribution in [0, 0.1) is 11.8 Å². The summed E-state index contributed by atoms with van der Waals surface area (Å²) in [4.78, 5) is 22.6. The summed E-state index contributed by atoms with van der Waals surface area (Å²) < 4.78 is 1.68. The lowest BCUT2D eigenvalue weighted by Crippen LogP contribution is -2.31. The van der Waals surface area contributed by atoms with Crippen molar-refractivity contribution in [2.45, 2.75) is 25.7 Å². The van der Waals surface area contributed by atoms with Gasteiger partial charge in [0.25, 0.3) is 0 Å². The van der Waals surface area contributed by atoms with Crippen molar-refractivity contribution in [2.24, 2.45) is 18.9 Å². The Kier molecular flexibility index (Phi) is 5.14. The lowest BCUT2D eigenvalue weighted by molar-refractivity contribution is -0.143. The second kappa shape index (κ2) is 7.06. The molecule has 21 heavy (non-hydrogen) atoms. The lowest BCUT2D eigenvalue weighted by Gasteiger charge is -2.25. The molecular formula is C15H21N3O3. The van der Waals surface area contributed by atoms with Crippen LogP contribution in [-0.2, 0) is 16.6 Å². The van der Waals surface area contributed by atoms with E-state index in [9.17, 15) is 9.59 Å². The Bertz CT molecular complexity index is 528. The Morgan fingerprint density at radius 3 is 2.71 bits per heavy atom. The Morgan fingerprint density at radius 1 is 1.43 bits per heavy atom. The quantitative estimate of drug-likeness (QED) is 0.804. The van der Waals surface area contributed by atoms with Crippen molar-refractivity contribution in [2.75, 3.05) is 6.54 Å². The maximum Gasteiger partial charge on any atom is 0.306 e. The van der Waals surface area contributed by atoms with Gasteiger partial charge in [-0.05, 0) is 37.7 Å². The van der Waals surface area contributed by atoms with Crippen molar-refractivity contribution in [3.05, 3.63) is 24.0 Å². The molecule has 1 aromatic heterocycles. The molecule has 0 saturated heterocycles. The summed E-state index contributed by atoms with van der Waals surface area (Å²) in [6.45, 7) is 0.614. The first-order valence-electron chi connectivity index (χ1n) is 7.22. The number of aliphatic carboxylic acids is 1. The van der Waals surface area contributed by atoms with Crippen molar-refractivity contribution in [3.63, 3.8) is 0 Å². The number of hydrogen-bond acceptors (Lipinski definition) is 3. The Hall–Kier alpha value is -2.11. The maximum atomic E-state index is 11.7. The van der Waals surface area contributed by atoms with Crippen molar-refractivity contribution >= 4 is 18.0 Å². The minimum absolute atomic E-state index is 0.126. The van der Waals surface area contributed by atoms with Gasteiger partial charge in [-0.3, -0.25) is 14.3 Å². The molecule has 0 aromatic carbocycles. The van der Waals surface area contributed by atoms with Crippen LogP contribution in [0.4, 0.5) is 0 Å². The summed E-state index contributed by atoms with van der Waals surface area (Å²) in [5, 5.41) is 15.8. The van der Waals surface area contributed by atoms with Gasteiger partial charge in [0.05, 0.1) is 12.1 Å². The number of rotatable bonds is 5. The van der Waals surface area contributed by atoms with Gasteiger partial charge >= 0.3 is 5.97 Å². The molecule has 6 heteroatoms. The first kappa shape index (κ1) is 15.3. The Balaban J connectivity index is 1.70. The van der Waals surface area contributed by atoms with Gasteiger partial charge in [0.2, 0.25) is 5.91 Å². The number of aromatic nitrogens is 2. The van der Waals surface area contributed by atoms with Crippen LogP contribution in [0.5, 0.6) is 0 Å². The molecule has 0 unspecified atom stereocenters. The summed E-state index contributed by atoms with van der Waals surface area (Å²) >= 11 is 0. The number of carbonyl (C=O) groups excluding carboxylic acids is 1. The Morgan fingerprint density at radius 2 is 2.14 bits per heavy atom. The molecule has 0 bridgehead atoms. The first-order valence-corrected chi connectivity index (χ1v) is 7.22. The van der Waals surface area contributed by atoms with Gasteiger partial charge in [-0.15, -0.1) is 0 Å². The molecule has 1 heterocycles. The maximum absolute atomic E-state index is 11.7. The Labute approximate surface area is 123 Å². The van der Waals surface area contributed by atoms with Crippen LogP contribution in [0.2, 0.25) is 0 Å². The highest BCUT2D eigenvalue weighted by Crippen LogP contribution is 2.28. The molecule has 1 aromatic rings. The molecule has 114 valence electrons. The third-order valence-electron chi connectivity index (χ3n) is 3.91. The van der Waals surface area contributed by atoms with Crippen molar-refractivity contribution in [3.8, 4) is 0 Å². The van der Waals surface area contributed by atoms with Crippen LogP contribution in [0.25, 0.3) is 6.08 Å². The topological polar surface area (TPSA) is 84.2 Å². The van der Waals surface area contributed by atoms with Crippen LogP contribution < -0.4 is 5.32 Å². The minimum atomic E-state index is -0.697.